The van der Waals surface area contributed by atoms with Gasteiger partial charge in [-0.3, -0.25) is 0 Å². The fourth-order valence-electron chi connectivity index (χ4n) is 14.2. The zero-order chi connectivity index (χ0) is 91.3. The maximum Gasteiger partial charge on any atom is 1.00 e. The summed E-state index contributed by atoms with van der Waals surface area (Å²) in [6.45, 7) is 37.0. The van der Waals surface area contributed by atoms with Gasteiger partial charge in [0.05, 0.1) is 74.2 Å². The van der Waals surface area contributed by atoms with Crippen molar-refractivity contribution in [1.82, 2.24) is 0 Å². The van der Waals surface area contributed by atoms with E-state index in [4.69, 9.17) is 118 Å². The Morgan fingerprint density at radius 1 is 0.270 bits per heavy atom. The molecule has 702 valence electrons. The fourth-order valence-corrected chi connectivity index (χ4v) is 14.6. The summed E-state index contributed by atoms with van der Waals surface area (Å²) in [5.74, 6) is 7.26. The zero-order valence-electron chi connectivity index (χ0n) is 84.8. The SMILES string of the molecule is COc1ccc(COC2C[C@@H](C)[CH-]O2)cc1.COc1cccc(COC2C[C@@H](C)[CH-]O2)c1.COc1ccccc1COC1C[C@@H](C)[CH-]O1.COc1ccccc1COC1C[C@@H](C)[CH-]O1.C[C@H](OC1C[C@@H](C)[CH-]O1)c1ccccc1.C[C@H]1[CH-]OC(OC(c2ccccc2)c2ccccc2)C1.C[C@H]1[CH-]OC(OCc2cccc(Cl)c2)C1.C[C@H]1[CH-]OC(OCc2ccccc2Cl)C1.[Cs+].[Cs+].[Cs+].[Cs+].[Cs+].[Cs+].[Cs+].[Cs+]. The second-order valence-electron chi connectivity index (χ2n) is 33.3. The van der Waals surface area contributed by atoms with E-state index in [1.165, 1.54) is 5.56 Å². The van der Waals surface area contributed by atoms with E-state index >= 15 is 0 Å². The van der Waals surface area contributed by atoms with Gasteiger partial charge in [0.15, 0.2) is 0 Å². The molecule has 17 atom stereocenters. The van der Waals surface area contributed by atoms with Crippen LogP contribution in [0.15, 0.2) is 237 Å². The quantitative estimate of drug-likeness (QED) is 0.0615. The molecule has 0 saturated carbocycles. The first-order chi connectivity index (χ1) is 62.7. The molecule has 0 aromatic heterocycles. The first kappa shape index (κ1) is 142. The minimum Gasteiger partial charge on any atom is -0.529 e. The molecule has 20 nitrogen and oxygen atoms in total. The molecule has 8 aliphatic rings. The molecule has 0 bridgehead atoms. The number of halogens is 2. The molecule has 8 aliphatic heterocycles. The van der Waals surface area contributed by atoms with Crippen molar-refractivity contribution >= 4 is 23.2 Å². The summed E-state index contributed by atoms with van der Waals surface area (Å²) in [4.78, 5) is 0. The van der Waals surface area contributed by atoms with Crippen LogP contribution >= 0.6 is 23.2 Å². The summed E-state index contributed by atoms with van der Waals surface area (Å²) in [6.07, 6.45) is 6.61. The topological polar surface area (TPSA) is 185 Å². The third kappa shape index (κ3) is 57.7. The van der Waals surface area contributed by atoms with Crippen molar-refractivity contribution in [3.05, 3.63) is 350 Å². The molecule has 137 heavy (non-hydrogen) atoms. The summed E-state index contributed by atoms with van der Waals surface area (Å²) in [6, 6.07) is 77.6. The Kier molecular flexibility index (Phi) is 86.6. The van der Waals surface area contributed by atoms with Crippen LogP contribution in [-0.2, 0) is 115 Å². The van der Waals surface area contributed by atoms with Crippen molar-refractivity contribution in [3.8, 4) is 23.0 Å². The average Bonchev–Trinajstić information content (AvgIpc) is 1.77. The molecular weight excluding hydrogens is 2740 g/mol. The van der Waals surface area contributed by atoms with Gasteiger partial charge >= 0.3 is 551 Å². The van der Waals surface area contributed by atoms with Gasteiger partial charge in [0.25, 0.3) is 0 Å². The van der Waals surface area contributed by atoms with Gasteiger partial charge < -0.3 is 94.7 Å². The Hall–Kier alpha value is 8.54. The average molecular weight is 2870 g/mol. The number of para-hydroxylation sites is 2. The maximum absolute atomic E-state index is 6.20. The van der Waals surface area contributed by atoms with Crippen LogP contribution in [-0.4, -0.2) is 78.8 Å². The van der Waals surface area contributed by atoms with Crippen LogP contribution in [0.2, 0.25) is 10.0 Å². The molecule has 30 heteroatoms. The van der Waals surface area contributed by atoms with Crippen LogP contribution in [0.4, 0.5) is 0 Å². The Bertz CT molecular complexity index is 4440. The van der Waals surface area contributed by atoms with Gasteiger partial charge in [-0.2, -0.15) is 0 Å². The number of hydrogen-bond acceptors (Lipinski definition) is 20. The molecule has 8 unspecified atom stereocenters. The van der Waals surface area contributed by atoms with Crippen LogP contribution < -0.4 is 570 Å². The first-order valence-electron chi connectivity index (χ1n) is 44.7. The van der Waals surface area contributed by atoms with Crippen molar-refractivity contribution in [3.63, 3.8) is 0 Å². The van der Waals surface area contributed by atoms with Crippen molar-refractivity contribution in [2.75, 3.05) is 28.4 Å². The van der Waals surface area contributed by atoms with Crippen molar-refractivity contribution in [2.45, 2.75) is 216 Å². The second kappa shape index (κ2) is 83.8. The van der Waals surface area contributed by atoms with Crippen LogP contribution in [0, 0.1) is 100 Å². The second-order valence-corrected chi connectivity index (χ2v) is 34.1. The van der Waals surface area contributed by atoms with Crippen LogP contribution in [0.25, 0.3) is 0 Å². The molecule has 0 spiro atoms. The Morgan fingerprint density at radius 2 is 0.562 bits per heavy atom. The molecule has 9 aromatic rings. The Labute approximate surface area is 1300 Å². The van der Waals surface area contributed by atoms with Gasteiger partial charge in [0, 0.05) is 21.2 Å². The summed E-state index contributed by atoms with van der Waals surface area (Å²) >= 11 is 11.9. The van der Waals surface area contributed by atoms with Gasteiger partial charge in [-0.1, -0.05) is 261 Å². The maximum atomic E-state index is 6.20. The monoisotopic (exact) mass is 2870 g/mol. The molecular formula is C107H132Cl2Cs8O20. The fraction of sp³-hybridized carbons (Fsp3) is 0.421. The van der Waals surface area contributed by atoms with E-state index in [2.05, 4.69) is 98.7 Å². The van der Waals surface area contributed by atoms with Gasteiger partial charge in [0.1, 0.15) is 79.4 Å². The van der Waals surface area contributed by atoms with E-state index < -0.39 is 0 Å². The minimum atomic E-state index is -0.157. The normalized spacial score (nSPS) is 23.4. The van der Waals surface area contributed by atoms with Crippen LogP contribution in [0.5, 0.6) is 23.0 Å². The van der Waals surface area contributed by atoms with Gasteiger partial charge in [-0.05, 0) is 152 Å². The molecule has 9 aromatic carbocycles. The molecule has 8 fully saturated rings. The summed E-state index contributed by atoms with van der Waals surface area (Å²) in [5, 5.41) is 1.48. The van der Waals surface area contributed by atoms with E-state index in [0.717, 1.165) is 129 Å². The summed E-state index contributed by atoms with van der Waals surface area (Å²) < 4.78 is 110. The van der Waals surface area contributed by atoms with E-state index in [1.54, 1.807) is 28.4 Å². The van der Waals surface area contributed by atoms with Crippen molar-refractivity contribution in [1.29, 1.82) is 0 Å². The number of methoxy groups -OCH3 is 4. The summed E-state index contributed by atoms with van der Waals surface area (Å²) in [5.41, 5.74) is 9.91. The molecule has 8 heterocycles. The van der Waals surface area contributed by atoms with E-state index in [-0.39, 0.29) is 614 Å². The summed E-state index contributed by atoms with van der Waals surface area (Å²) in [7, 11) is 6.66. The largest absolute Gasteiger partial charge is 1.00 e. The molecule has 0 radical (unpaired) electrons. The van der Waals surface area contributed by atoms with Gasteiger partial charge in [-0.15, -0.1) is 47.3 Å². The third-order valence-electron chi connectivity index (χ3n) is 21.4. The molecule has 17 rings (SSSR count). The first-order valence-corrected chi connectivity index (χ1v) is 45.5. The number of ether oxygens (including phenoxy) is 20. The van der Waals surface area contributed by atoms with E-state index in [9.17, 15) is 0 Å². The smallest absolute Gasteiger partial charge is 0.529 e. The van der Waals surface area contributed by atoms with E-state index in [0.29, 0.717) is 87.0 Å². The Balaban J connectivity index is 0.000000526. The zero-order valence-corrected chi connectivity index (χ0v) is 137. The standard InChI is InChI=1S/C18H19O2.4C13H17O3.C13H17O2.2C12H14ClO2.8Cs/c1-14-12-17(19-13-14)20-18(15-8-4-2-5-9-15)16-10-6-3-7-11-16;1-10-7-13(15-8-10)16-9-11-3-5-12(14-2)6-4-11;1-10-6-13(15-8-10)16-9-11-4-3-5-12(7-11)14-2;2*1-10-7-13(15-8-10)16-9-11-5-3-4-6-12(11)14-2;1-10-8-13(14-9-10)15-11(2)12-6-4-3-5-7-12;1-9-5-12(14-7-9)15-8-10-3-2-4-11(13)6-10;1-9-6-12(14-7-9)15-8-10-4-2-3-5-11(10)13;;;;;;;;/h2-11,13-14,17-18H,12H2,1H3;3-6,8,10,13H,7,9H2,1-2H3;3-5,7-8,10,13H,6,9H2,1-2H3;2*3-6,8,10,13H,7,9H2,1-2H3;3-7,9-11,13H,8H2,1-2H3;2-4,6-7,9,12H,5,8H2,1H3;2-5,7,9,12H,6,8H2,1H3;;;;;;;;/q8*-1;8*+1/t14-,17?;4*10-,13?;10-,11+,13?;2*9-,12?;;;;;;;;/m11111111......../s1. The van der Waals surface area contributed by atoms with Crippen molar-refractivity contribution < 1.29 is 646 Å². The molecule has 0 amide bonds. The third-order valence-corrected chi connectivity index (χ3v) is 22.0. The predicted molar refractivity (Wildman–Crippen MR) is 499 cm³/mol. The predicted octanol–water partition coefficient (Wildman–Crippen LogP) is 1.50. The van der Waals surface area contributed by atoms with Crippen LogP contribution in [0.1, 0.15) is 176 Å². The molecule has 0 N–H and O–H groups in total. The van der Waals surface area contributed by atoms with Gasteiger partial charge in [-0.25, -0.2) is 52.9 Å². The van der Waals surface area contributed by atoms with Crippen LogP contribution in [0.3, 0.4) is 0 Å². The van der Waals surface area contributed by atoms with Gasteiger partial charge in [0.2, 0.25) is 0 Å². The minimum absolute atomic E-state index is 0. The molecule has 0 aliphatic carbocycles. The number of rotatable bonds is 29. The number of hydrogen-bond donors (Lipinski definition) is 0. The van der Waals surface area contributed by atoms with Crippen molar-refractivity contribution in [2.24, 2.45) is 47.3 Å². The molecule has 8 saturated heterocycles. The number of benzene rings is 9. The Morgan fingerprint density at radius 3 is 0.898 bits per heavy atom. The van der Waals surface area contributed by atoms with E-state index in [1.807, 2.05) is 253 Å².